The first-order chi connectivity index (χ1) is 8.74. The van der Waals surface area contributed by atoms with Crippen molar-refractivity contribution in [3.63, 3.8) is 0 Å². The highest BCUT2D eigenvalue weighted by molar-refractivity contribution is 5.91. The smallest absolute Gasteiger partial charge is 0.107 e. The number of benzene rings is 1. The van der Waals surface area contributed by atoms with Crippen molar-refractivity contribution in [1.29, 1.82) is 0 Å². The van der Waals surface area contributed by atoms with Crippen LogP contribution in [0.1, 0.15) is 0 Å². The molecule has 0 aliphatic rings. The molecule has 0 amide bonds. The Bertz CT molecular complexity index is 513. The molecule has 0 radical (unpaired) electrons. The van der Waals surface area contributed by atoms with E-state index in [9.17, 15) is 15.3 Å². The van der Waals surface area contributed by atoms with E-state index in [1.54, 1.807) is 12.3 Å². The van der Waals surface area contributed by atoms with Crippen molar-refractivity contribution in [2.45, 2.75) is 5.54 Å². The van der Waals surface area contributed by atoms with Crippen molar-refractivity contribution in [3.8, 4) is 0 Å². The summed E-state index contributed by atoms with van der Waals surface area (Å²) < 4.78 is 0. The summed E-state index contributed by atoms with van der Waals surface area (Å²) in [6.07, 6.45) is 1.64. The van der Waals surface area contributed by atoms with Gasteiger partial charge in [-0.3, -0.25) is 4.98 Å². The van der Waals surface area contributed by atoms with Crippen LogP contribution >= 0.6 is 0 Å². The third-order valence-corrected chi connectivity index (χ3v) is 2.96. The Hall–Kier alpha value is -1.69. The van der Waals surface area contributed by atoms with Gasteiger partial charge < -0.3 is 20.6 Å². The number of hydrogen-bond acceptors (Lipinski definition) is 5. The minimum Gasteiger partial charge on any atom is -0.394 e. The molecule has 0 unspecified atom stereocenters. The summed E-state index contributed by atoms with van der Waals surface area (Å²) in [6.45, 7) is -1.09. The normalized spacial score (nSPS) is 11.7. The lowest BCUT2D eigenvalue weighted by Crippen LogP contribution is -2.49. The molecule has 1 aromatic heterocycles. The number of aliphatic hydroxyl groups excluding tert-OH is 3. The van der Waals surface area contributed by atoms with E-state index < -0.39 is 5.54 Å². The standard InChI is InChI=1S/C13H16N2O3/c16-7-13(8-17,9-18)15-12-5-6-14-11-4-2-1-3-10(11)12/h1-6,16-18H,7-9H2,(H,14,15). The minimum absolute atomic E-state index is 0.364. The Morgan fingerprint density at radius 2 is 1.67 bits per heavy atom. The lowest BCUT2D eigenvalue weighted by molar-refractivity contribution is 0.0834. The van der Waals surface area contributed by atoms with Crippen LogP contribution in [-0.2, 0) is 0 Å². The van der Waals surface area contributed by atoms with E-state index in [-0.39, 0.29) is 19.8 Å². The highest BCUT2D eigenvalue weighted by Crippen LogP contribution is 2.24. The molecule has 0 saturated carbocycles. The number of hydrogen-bond donors (Lipinski definition) is 4. The fraction of sp³-hybridized carbons (Fsp3) is 0.308. The van der Waals surface area contributed by atoms with Crippen LogP contribution in [0.5, 0.6) is 0 Å². The number of anilines is 1. The zero-order valence-electron chi connectivity index (χ0n) is 9.87. The average Bonchev–Trinajstić information content (AvgIpc) is 2.45. The van der Waals surface area contributed by atoms with E-state index in [4.69, 9.17) is 0 Å². The fourth-order valence-corrected chi connectivity index (χ4v) is 1.76. The molecule has 0 saturated heterocycles. The van der Waals surface area contributed by atoms with Crippen molar-refractivity contribution < 1.29 is 15.3 Å². The number of para-hydroxylation sites is 1. The predicted octanol–water partition coefficient (Wildman–Crippen LogP) is 0.362. The number of fused-ring (bicyclic) bond motifs is 1. The number of pyridine rings is 1. The zero-order valence-corrected chi connectivity index (χ0v) is 9.87. The molecule has 4 N–H and O–H groups in total. The quantitative estimate of drug-likeness (QED) is 0.614. The molecule has 1 aromatic carbocycles. The molecule has 96 valence electrons. The number of rotatable bonds is 5. The van der Waals surface area contributed by atoms with Crippen molar-refractivity contribution in [2.24, 2.45) is 0 Å². The highest BCUT2D eigenvalue weighted by atomic mass is 16.3. The molecule has 2 aromatic rings. The SMILES string of the molecule is OCC(CO)(CO)Nc1ccnc2ccccc12. The number of nitrogens with zero attached hydrogens (tertiary/aromatic N) is 1. The van der Waals surface area contributed by atoms with E-state index in [1.807, 2.05) is 24.3 Å². The van der Waals surface area contributed by atoms with E-state index in [0.717, 1.165) is 16.6 Å². The van der Waals surface area contributed by atoms with E-state index in [1.165, 1.54) is 0 Å². The van der Waals surface area contributed by atoms with Crippen LogP contribution in [0.3, 0.4) is 0 Å². The van der Waals surface area contributed by atoms with E-state index in [2.05, 4.69) is 10.3 Å². The third-order valence-electron chi connectivity index (χ3n) is 2.96. The molecule has 0 fully saturated rings. The monoisotopic (exact) mass is 248 g/mol. The summed E-state index contributed by atoms with van der Waals surface area (Å²) in [4.78, 5) is 4.22. The van der Waals surface area contributed by atoms with Gasteiger partial charge in [-0.2, -0.15) is 0 Å². The summed E-state index contributed by atoms with van der Waals surface area (Å²) >= 11 is 0. The lowest BCUT2D eigenvalue weighted by Gasteiger charge is -2.30. The second kappa shape index (κ2) is 5.30. The summed E-state index contributed by atoms with van der Waals surface area (Å²) in [7, 11) is 0. The molecule has 0 atom stereocenters. The number of aliphatic hydroxyl groups is 3. The highest BCUT2D eigenvalue weighted by Gasteiger charge is 2.28. The Morgan fingerprint density at radius 3 is 2.33 bits per heavy atom. The van der Waals surface area contributed by atoms with Gasteiger partial charge in [0.05, 0.1) is 25.3 Å². The van der Waals surface area contributed by atoms with Gasteiger partial charge in [-0.1, -0.05) is 18.2 Å². The molecule has 0 bridgehead atoms. The van der Waals surface area contributed by atoms with E-state index >= 15 is 0 Å². The van der Waals surface area contributed by atoms with Crippen molar-refractivity contribution in [3.05, 3.63) is 36.5 Å². The van der Waals surface area contributed by atoms with Crippen LogP contribution in [0.15, 0.2) is 36.5 Å². The lowest BCUT2D eigenvalue weighted by atomic mass is 10.0. The van der Waals surface area contributed by atoms with Gasteiger partial charge >= 0.3 is 0 Å². The average molecular weight is 248 g/mol. The van der Waals surface area contributed by atoms with Crippen molar-refractivity contribution in [1.82, 2.24) is 4.98 Å². The Kier molecular flexibility index (Phi) is 3.76. The maximum Gasteiger partial charge on any atom is 0.107 e. The number of nitrogens with one attached hydrogen (secondary N) is 1. The van der Waals surface area contributed by atoms with Crippen LogP contribution in [-0.4, -0.2) is 45.7 Å². The molecular formula is C13H16N2O3. The van der Waals surface area contributed by atoms with Gasteiger partial charge in [-0.15, -0.1) is 0 Å². The molecule has 2 rings (SSSR count). The maximum absolute atomic E-state index is 9.31. The van der Waals surface area contributed by atoms with Crippen LogP contribution in [0.25, 0.3) is 10.9 Å². The Labute approximate surface area is 105 Å². The molecule has 0 aliphatic heterocycles. The van der Waals surface area contributed by atoms with Crippen molar-refractivity contribution in [2.75, 3.05) is 25.1 Å². The van der Waals surface area contributed by atoms with Crippen molar-refractivity contribution >= 4 is 16.6 Å². The van der Waals surface area contributed by atoms with Gasteiger partial charge in [0.2, 0.25) is 0 Å². The Balaban J connectivity index is 2.42. The number of aromatic nitrogens is 1. The largest absolute Gasteiger partial charge is 0.394 e. The van der Waals surface area contributed by atoms with Crippen LogP contribution in [0, 0.1) is 0 Å². The summed E-state index contributed by atoms with van der Waals surface area (Å²) in [5.74, 6) is 0. The first-order valence-corrected chi connectivity index (χ1v) is 5.69. The Morgan fingerprint density at radius 1 is 1.00 bits per heavy atom. The third kappa shape index (κ3) is 2.28. The van der Waals surface area contributed by atoms with Gasteiger partial charge in [0, 0.05) is 17.3 Å². The first kappa shape index (κ1) is 12.8. The van der Waals surface area contributed by atoms with Crippen LogP contribution in [0.2, 0.25) is 0 Å². The maximum atomic E-state index is 9.31. The molecule has 0 aliphatic carbocycles. The molecule has 1 heterocycles. The van der Waals surface area contributed by atoms with E-state index in [0.29, 0.717) is 0 Å². The van der Waals surface area contributed by atoms with Gasteiger partial charge in [0.25, 0.3) is 0 Å². The molecular weight excluding hydrogens is 232 g/mol. The second-order valence-electron chi connectivity index (χ2n) is 4.26. The van der Waals surface area contributed by atoms with Gasteiger partial charge in [0.15, 0.2) is 0 Å². The second-order valence-corrected chi connectivity index (χ2v) is 4.26. The molecule has 18 heavy (non-hydrogen) atoms. The zero-order chi connectivity index (χ0) is 13.0. The van der Waals surface area contributed by atoms with Gasteiger partial charge in [0.1, 0.15) is 5.54 Å². The summed E-state index contributed by atoms with van der Waals surface area (Å²) in [6, 6.07) is 9.28. The van der Waals surface area contributed by atoms with Gasteiger partial charge in [-0.05, 0) is 12.1 Å². The van der Waals surface area contributed by atoms with Crippen LogP contribution in [0.4, 0.5) is 5.69 Å². The minimum atomic E-state index is -1.13. The summed E-state index contributed by atoms with van der Waals surface area (Å²) in [5, 5.41) is 31.8. The van der Waals surface area contributed by atoms with Crippen LogP contribution < -0.4 is 5.32 Å². The fourth-order valence-electron chi connectivity index (χ4n) is 1.76. The molecule has 5 heteroatoms. The molecule has 5 nitrogen and oxygen atoms in total. The topological polar surface area (TPSA) is 85.6 Å². The summed E-state index contributed by atoms with van der Waals surface area (Å²) in [5.41, 5.74) is 0.396. The predicted molar refractivity (Wildman–Crippen MR) is 69.4 cm³/mol. The molecule has 0 spiro atoms. The first-order valence-electron chi connectivity index (χ1n) is 5.69. The van der Waals surface area contributed by atoms with Gasteiger partial charge in [-0.25, -0.2) is 0 Å².